The molecule has 2 aliphatic heterocycles. The molecule has 0 unspecified atom stereocenters. The number of benzene rings is 2. The quantitative estimate of drug-likeness (QED) is 0.585. The number of nitrogens with zero attached hydrogens (tertiary/aromatic N) is 1. The summed E-state index contributed by atoms with van der Waals surface area (Å²) in [5, 5.41) is 9.02. The molecular formula is C23H22ClF4NO4. The minimum atomic E-state index is -4.11. The molecule has 10 heteroatoms. The zero-order valence-electron chi connectivity index (χ0n) is 17.4. The summed E-state index contributed by atoms with van der Waals surface area (Å²) >= 11 is 0. The molecule has 0 atom stereocenters. The monoisotopic (exact) mass is 487 g/mol. The Kier molecular flexibility index (Phi) is 7.23. The maximum absolute atomic E-state index is 14.6. The van der Waals surface area contributed by atoms with Crippen molar-refractivity contribution < 1.29 is 36.9 Å². The number of carboxylic acid groups (broad SMARTS) is 1. The average Bonchev–Trinajstić information content (AvgIpc) is 2.76. The van der Waals surface area contributed by atoms with Crippen LogP contribution < -0.4 is 9.47 Å². The molecule has 0 saturated carbocycles. The van der Waals surface area contributed by atoms with Gasteiger partial charge in [0.1, 0.15) is 11.4 Å². The second kappa shape index (κ2) is 9.61. The third kappa shape index (κ3) is 5.42. The molecule has 4 rings (SSSR count). The van der Waals surface area contributed by atoms with E-state index in [4.69, 9.17) is 9.84 Å². The maximum Gasteiger partial charge on any atom is 0.427 e. The lowest BCUT2D eigenvalue weighted by atomic mass is 9.83. The van der Waals surface area contributed by atoms with Crippen LogP contribution in [0.15, 0.2) is 48.5 Å². The van der Waals surface area contributed by atoms with E-state index in [-0.39, 0.29) is 19.0 Å². The molecule has 2 aromatic carbocycles. The highest BCUT2D eigenvalue weighted by Gasteiger charge is 2.39. The first kappa shape index (κ1) is 24.9. The Morgan fingerprint density at radius 1 is 1.18 bits per heavy atom. The van der Waals surface area contributed by atoms with Crippen molar-refractivity contribution in [2.24, 2.45) is 0 Å². The number of piperidine rings is 1. The second-order valence-corrected chi connectivity index (χ2v) is 7.91. The third-order valence-corrected chi connectivity index (χ3v) is 5.62. The SMILES string of the molecule is Cl.O=C(O)CN1CCC2(C=C(c3ccc(OC(F)(F)CF)c(F)c3)c3ccccc3O2)CC1. The predicted octanol–water partition coefficient (Wildman–Crippen LogP) is 4.93. The number of likely N-dealkylation sites (tertiary alicyclic amines) is 1. The number of para-hydroxylation sites is 1. The summed E-state index contributed by atoms with van der Waals surface area (Å²) in [6, 6.07) is 10.8. The molecule has 33 heavy (non-hydrogen) atoms. The second-order valence-electron chi connectivity index (χ2n) is 7.91. The van der Waals surface area contributed by atoms with Crippen molar-refractivity contribution >= 4 is 23.9 Å². The van der Waals surface area contributed by atoms with Gasteiger partial charge in [0.15, 0.2) is 18.2 Å². The van der Waals surface area contributed by atoms with Gasteiger partial charge in [-0.05, 0) is 35.4 Å². The molecule has 2 aliphatic rings. The fraction of sp³-hybridized carbons (Fsp3) is 0.348. The first-order valence-electron chi connectivity index (χ1n) is 10.1. The van der Waals surface area contributed by atoms with Gasteiger partial charge >= 0.3 is 12.1 Å². The van der Waals surface area contributed by atoms with Crippen LogP contribution in [0.2, 0.25) is 0 Å². The predicted molar refractivity (Wildman–Crippen MR) is 115 cm³/mol. The first-order chi connectivity index (χ1) is 15.2. The normalized spacial score (nSPS) is 17.4. The largest absolute Gasteiger partial charge is 0.482 e. The van der Waals surface area contributed by atoms with Gasteiger partial charge in [-0.3, -0.25) is 9.69 Å². The van der Waals surface area contributed by atoms with Gasteiger partial charge in [0.2, 0.25) is 0 Å². The van der Waals surface area contributed by atoms with Gasteiger partial charge in [-0.25, -0.2) is 8.78 Å². The lowest BCUT2D eigenvalue weighted by Crippen LogP contribution is -2.49. The van der Waals surface area contributed by atoms with Crippen LogP contribution in [0.1, 0.15) is 24.0 Å². The number of rotatable bonds is 6. The van der Waals surface area contributed by atoms with Gasteiger partial charge in [0.05, 0.1) is 6.54 Å². The molecule has 0 radical (unpaired) electrons. The highest BCUT2D eigenvalue weighted by Crippen LogP contribution is 2.43. The molecule has 1 saturated heterocycles. The summed E-state index contributed by atoms with van der Waals surface area (Å²) in [6.07, 6.45) is -1.16. The Bertz CT molecular complexity index is 1050. The van der Waals surface area contributed by atoms with Gasteiger partial charge in [0.25, 0.3) is 0 Å². The Morgan fingerprint density at radius 3 is 2.52 bits per heavy atom. The van der Waals surface area contributed by atoms with Crippen molar-refractivity contribution in [3.05, 3.63) is 65.5 Å². The standard InChI is InChI=1S/C23H21F4NO4.ClH/c24-14-23(26,27)32-20-6-5-15(11-18(20)25)17-12-22(31-19-4-2-1-3-16(17)19)7-9-28(10-8-22)13-21(29)30;/h1-6,11-12H,7-10,13-14H2,(H,29,30);1H. The lowest BCUT2D eigenvalue weighted by molar-refractivity contribution is -0.187. The molecule has 1 spiro atoms. The van der Waals surface area contributed by atoms with Crippen LogP contribution in [0.25, 0.3) is 5.57 Å². The van der Waals surface area contributed by atoms with Gasteiger partial charge < -0.3 is 14.6 Å². The molecule has 0 bridgehead atoms. The molecule has 0 amide bonds. The van der Waals surface area contributed by atoms with E-state index in [1.165, 1.54) is 6.07 Å². The molecular weight excluding hydrogens is 466 g/mol. The Hall–Kier alpha value is -2.78. The number of ether oxygens (including phenoxy) is 2. The first-order valence-corrected chi connectivity index (χ1v) is 10.1. The maximum atomic E-state index is 14.6. The number of carboxylic acids is 1. The number of halogens is 5. The van der Waals surface area contributed by atoms with Gasteiger partial charge in [-0.15, -0.1) is 12.4 Å². The van der Waals surface area contributed by atoms with Gasteiger partial charge in [-0.2, -0.15) is 8.78 Å². The molecule has 0 aromatic heterocycles. The van der Waals surface area contributed by atoms with E-state index in [2.05, 4.69) is 4.74 Å². The molecule has 2 heterocycles. The van der Waals surface area contributed by atoms with E-state index in [1.54, 1.807) is 12.1 Å². The number of hydrogen-bond acceptors (Lipinski definition) is 4. The highest BCUT2D eigenvalue weighted by atomic mass is 35.5. The molecule has 0 aliphatic carbocycles. The number of aliphatic carboxylic acids is 1. The Morgan fingerprint density at radius 2 is 1.88 bits per heavy atom. The summed E-state index contributed by atoms with van der Waals surface area (Å²) in [6.45, 7) is -1.10. The van der Waals surface area contributed by atoms with E-state index in [1.807, 2.05) is 23.1 Å². The molecule has 178 valence electrons. The summed E-state index contributed by atoms with van der Waals surface area (Å²) in [5.41, 5.74) is 1.11. The van der Waals surface area contributed by atoms with Crippen molar-refractivity contribution in [3.8, 4) is 11.5 Å². The number of alkyl halides is 3. The average molecular weight is 488 g/mol. The lowest BCUT2D eigenvalue weighted by Gasteiger charge is -2.42. The zero-order valence-corrected chi connectivity index (χ0v) is 18.2. The minimum Gasteiger partial charge on any atom is -0.482 e. The Labute approximate surface area is 194 Å². The molecule has 1 fully saturated rings. The van der Waals surface area contributed by atoms with Crippen LogP contribution in [-0.4, -0.2) is 54.0 Å². The van der Waals surface area contributed by atoms with Crippen molar-refractivity contribution in [3.63, 3.8) is 0 Å². The third-order valence-electron chi connectivity index (χ3n) is 5.62. The number of fused-ring (bicyclic) bond motifs is 1. The zero-order chi connectivity index (χ0) is 22.9. The van der Waals surface area contributed by atoms with Crippen LogP contribution >= 0.6 is 12.4 Å². The van der Waals surface area contributed by atoms with E-state index in [0.29, 0.717) is 48.4 Å². The van der Waals surface area contributed by atoms with Crippen molar-refractivity contribution in [1.29, 1.82) is 0 Å². The van der Waals surface area contributed by atoms with E-state index < -0.39 is 35.9 Å². The fourth-order valence-electron chi connectivity index (χ4n) is 4.07. The van der Waals surface area contributed by atoms with E-state index >= 15 is 0 Å². The van der Waals surface area contributed by atoms with Gasteiger partial charge in [-0.1, -0.05) is 24.3 Å². The van der Waals surface area contributed by atoms with Crippen LogP contribution in [-0.2, 0) is 4.79 Å². The molecule has 2 aromatic rings. The fourth-order valence-corrected chi connectivity index (χ4v) is 4.07. The topological polar surface area (TPSA) is 59.0 Å². The van der Waals surface area contributed by atoms with Crippen molar-refractivity contribution in [2.45, 2.75) is 24.6 Å². The van der Waals surface area contributed by atoms with Crippen molar-refractivity contribution in [2.75, 3.05) is 26.3 Å². The minimum absolute atomic E-state index is 0. The summed E-state index contributed by atoms with van der Waals surface area (Å²) in [5.74, 6) is -2.08. The van der Waals surface area contributed by atoms with Crippen molar-refractivity contribution in [1.82, 2.24) is 4.90 Å². The summed E-state index contributed by atoms with van der Waals surface area (Å²) in [7, 11) is 0. The van der Waals surface area contributed by atoms with Crippen LogP contribution in [0.4, 0.5) is 17.6 Å². The Balaban J connectivity index is 0.00000306. The summed E-state index contributed by atoms with van der Waals surface area (Å²) < 4.78 is 63.8. The molecule has 5 nitrogen and oxygen atoms in total. The van der Waals surface area contributed by atoms with E-state index in [9.17, 15) is 22.4 Å². The highest BCUT2D eigenvalue weighted by molar-refractivity contribution is 5.85. The number of carbonyl (C=O) groups is 1. The summed E-state index contributed by atoms with van der Waals surface area (Å²) in [4.78, 5) is 12.8. The number of hydrogen-bond donors (Lipinski definition) is 1. The van der Waals surface area contributed by atoms with Gasteiger partial charge in [0, 0.05) is 31.5 Å². The van der Waals surface area contributed by atoms with Crippen LogP contribution in [0, 0.1) is 5.82 Å². The van der Waals surface area contributed by atoms with E-state index in [0.717, 1.165) is 12.1 Å². The smallest absolute Gasteiger partial charge is 0.427 e. The van der Waals surface area contributed by atoms with Crippen LogP contribution in [0.5, 0.6) is 11.5 Å². The molecule has 1 N–H and O–H groups in total. The van der Waals surface area contributed by atoms with Crippen LogP contribution in [0.3, 0.4) is 0 Å².